The predicted octanol–water partition coefficient (Wildman–Crippen LogP) is 3.52. The van der Waals surface area contributed by atoms with E-state index in [1.165, 1.54) is 0 Å². The monoisotopic (exact) mass is 245 g/mol. The summed E-state index contributed by atoms with van der Waals surface area (Å²) < 4.78 is -1.02. The van der Waals surface area contributed by atoms with Crippen LogP contribution in [0.1, 0.15) is 18.9 Å². The number of halogens is 2. The molecule has 0 unspecified atom stereocenters. The molecule has 0 aromatic heterocycles. The van der Waals surface area contributed by atoms with Crippen LogP contribution in [-0.4, -0.2) is 10.2 Å². The van der Waals surface area contributed by atoms with Crippen molar-refractivity contribution < 1.29 is 4.79 Å². The molecule has 1 amide bonds. The number of nitrogens with one attached hydrogen (secondary N) is 1. The van der Waals surface area contributed by atoms with E-state index in [9.17, 15) is 4.79 Å². The lowest BCUT2D eigenvalue weighted by Crippen LogP contribution is -2.20. The highest BCUT2D eigenvalue weighted by Crippen LogP contribution is 2.24. The van der Waals surface area contributed by atoms with Crippen molar-refractivity contribution in [2.75, 3.05) is 5.32 Å². The Balaban J connectivity index is 2.59. The van der Waals surface area contributed by atoms with E-state index in [1.54, 1.807) is 6.92 Å². The summed E-state index contributed by atoms with van der Waals surface area (Å²) in [6.07, 6.45) is 0.0735. The molecule has 0 fully saturated rings. The lowest BCUT2D eigenvalue weighted by molar-refractivity contribution is -0.116. The van der Waals surface area contributed by atoms with Crippen LogP contribution in [0.15, 0.2) is 24.3 Å². The van der Waals surface area contributed by atoms with E-state index >= 15 is 0 Å². The van der Waals surface area contributed by atoms with Gasteiger partial charge >= 0.3 is 0 Å². The minimum atomic E-state index is -1.02. The average molecular weight is 246 g/mol. The van der Waals surface area contributed by atoms with E-state index in [4.69, 9.17) is 23.2 Å². The van der Waals surface area contributed by atoms with Crippen LogP contribution in [0.4, 0.5) is 5.69 Å². The van der Waals surface area contributed by atoms with Crippen molar-refractivity contribution in [2.45, 2.75) is 24.6 Å². The maximum atomic E-state index is 11.5. The van der Waals surface area contributed by atoms with Crippen LogP contribution in [0.3, 0.4) is 0 Å². The molecular weight excluding hydrogens is 233 g/mol. The summed E-state index contributed by atoms with van der Waals surface area (Å²) in [5.74, 6) is -0.187. The number of anilines is 1. The van der Waals surface area contributed by atoms with Gasteiger partial charge in [-0.05, 0) is 31.5 Å². The highest BCUT2D eigenvalue weighted by molar-refractivity contribution is 6.49. The van der Waals surface area contributed by atoms with Crippen LogP contribution in [0.5, 0.6) is 0 Å². The molecule has 82 valence electrons. The summed E-state index contributed by atoms with van der Waals surface area (Å²) in [6, 6.07) is 7.55. The van der Waals surface area contributed by atoms with Gasteiger partial charge < -0.3 is 5.32 Å². The first kappa shape index (κ1) is 12.3. The van der Waals surface area contributed by atoms with Crippen molar-refractivity contribution in [3.05, 3.63) is 29.8 Å². The molecule has 0 radical (unpaired) electrons. The quantitative estimate of drug-likeness (QED) is 0.812. The zero-order chi connectivity index (χ0) is 11.5. The van der Waals surface area contributed by atoms with E-state index in [0.29, 0.717) is 0 Å². The standard InChI is InChI=1S/C11H13Cl2NO/c1-8-4-3-5-9(6-8)14-10(15)7-11(2,12)13/h3-6H,7H2,1-2H3,(H,14,15). The Labute approximate surface area is 99.6 Å². The van der Waals surface area contributed by atoms with Crippen LogP contribution in [0.25, 0.3) is 0 Å². The normalized spacial score (nSPS) is 11.2. The van der Waals surface area contributed by atoms with Crippen molar-refractivity contribution >= 4 is 34.8 Å². The Hall–Kier alpha value is -0.730. The van der Waals surface area contributed by atoms with Crippen LogP contribution < -0.4 is 5.32 Å². The third-order valence-corrected chi connectivity index (χ3v) is 2.04. The molecule has 0 saturated heterocycles. The Bertz CT molecular complexity index is 358. The molecule has 15 heavy (non-hydrogen) atoms. The summed E-state index contributed by atoms with van der Waals surface area (Å²) in [7, 11) is 0. The smallest absolute Gasteiger partial charge is 0.227 e. The van der Waals surface area contributed by atoms with Gasteiger partial charge in [-0.25, -0.2) is 0 Å². The maximum absolute atomic E-state index is 11.5. The van der Waals surface area contributed by atoms with Crippen LogP contribution in [-0.2, 0) is 4.79 Å². The lowest BCUT2D eigenvalue weighted by atomic mass is 10.2. The first-order chi connectivity index (χ1) is 6.87. The van der Waals surface area contributed by atoms with Gasteiger partial charge in [-0.1, -0.05) is 12.1 Å². The molecule has 0 saturated carbocycles. The van der Waals surface area contributed by atoms with E-state index in [-0.39, 0.29) is 12.3 Å². The first-order valence-corrected chi connectivity index (χ1v) is 5.37. The van der Waals surface area contributed by atoms with E-state index in [1.807, 2.05) is 31.2 Å². The van der Waals surface area contributed by atoms with Gasteiger partial charge in [-0.3, -0.25) is 4.79 Å². The zero-order valence-corrected chi connectivity index (χ0v) is 10.2. The topological polar surface area (TPSA) is 29.1 Å². The van der Waals surface area contributed by atoms with Crippen molar-refractivity contribution in [2.24, 2.45) is 0 Å². The SMILES string of the molecule is Cc1cccc(NC(=O)CC(C)(Cl)Cl)c1. The summed E-state index contributed by atoms with van der Waals surface area (Å²) in [6.45, 7) is 3.55. The van der Waals surface area contributed by atoms with E-state index < -0.39 is 4.33 Å². The number of alkyl halides is 2. The predicted molar refractivity (Wildman–Crippen MR) is 64.5 cm³/mol. The number of aryl methyl sites for hydroxylation is 1. The lowest BCUT2D eigenvalue weighted by Gasteiger charge is -2.12. The van der Waals surface area contributed by atoms with Gasteiger partial charge in [-0.15, -0.1) is 23.2 Å². The van der Waals surface area contributed by atoms with Gasteiger partial charge in [0.15, 0.2) is 0 Å². The fraction of sp³-hybridized carbons (Fsp3) is 0.364. The highest BCUT2D eigenvalue weighted by atomic mass is 35.5. The molecule has 0 bridgehead atoms. The van der Waals surface area contributed by atoms with Crippen LogP contribution >= 0.6 is 23.2 Å². The molecule has 4 heteroatoms. The number of rotatable bonds is 3. The van der Waals surface area contributed by atoms with Gasteiger partial charge in [0.05, 0.1) is 6.42 Å². The van der Waals surface area contributed by atoms with Gasteiger partial charge in [0.2, 0.25) is 5.91 Å². The number of carbonyl (C=O) groups is 1. The van der Waals surface area contributed by atoms with Crippen LogP contribution in [0, 0.1) is 6.92 Å². The zero-order valence-electron chi connectivity index (χ0n) is 8.68. The summed E-state index contributed by atoms with van der Waals surface area (Å²) in [4.78, 5) is 11.5. The molecule has 1 N–H and O–H groups in total. The molecule has 0 atom stereocenters. The number of hydrogen-bond acceptors (Lipinski definition) is 1. The second-order valence-electron chi connectivity index (χ2n) is 3.66. The maximum Gasteiger partial charge on any atom is 0.227 e. The molecular formula is C11H13Cl2NO. The molecule has 1 rings (SSSR count). The van der Waals surface area contributed by atoms with Crippen molar-refractivity contribution in [3.63, 3.8) is 0 Å². The van der Waals surface area contributed by atoms with Crippen molar-refractivity contribution in [3.8, 4) is 0 Å². The largest absolute Gasteiger partial charge is 0.326 e. The molecule has 1 aromatic rings. The summed E-state index contributed by atoms with van der Waals surface area (Å²) in [5, 5.41) is 2.73. The van der Waals surface area contributed by atoms with Crippen LogP contribution in [0.2, 0.25) is 0 Å². The molecule has 0 aliphatic carbocycles. The fourth-order valence-corrected chi connectivity index (χ4v) is 1.45. The Kier molecular flexibility index (Phi) is 4.00. The fourth-order valence-electron chi connectivity index (χ4n) is 1.21. The first-order valence-electron chi connectivity index (χ1n) is 4.61. The number of amides is 1. The summed E-state index contributed by atoms with van der Waals surface area (Å²) in [5.41, 5.74) is 1.85. The average Bonchev–Trinajstić information content (AvgIpc) is 1.99. The van der Waals surface area contributed by atoms with Crippen molar-refractivity contribution in [1.82, 2.24) is 0 Å². The Morgan fingerprint density at radius 3 is 2.67 bits per heavy atom. The Morgan fingerprint density at radius 1 is 1.47 bits per heavy atom. The molecule has 0 spiro atoms. The molecule has 2 nitrogen and oxygen atoms in total. The number of hydrogen-bond donors (Lipinski definition) is 1. The minimum absolute atomic E-state index is 0.0735. The number of benzene rings is 1. The van der Waals surface area contributed by atoms with Gasteiger partial charge in [0.1, 0.15) is 4.33 Å². The molecule has 1 aromatic carbocycles. The number of carbonyl (C=O) groups excluding carboxylic acids is 1. The van der Waals surface area contributed by atoms with Gasteiger partial charge in [0, 0.05) is 5.69 Å². The molecule has 0 aliphatic heterocycles. The summed E-state index contributed by atoms with van der Waals surface area (Å²) >= 11 is 11.5. The van der Waals surface area contributed by atoms with Gasteiger partial charge in [0.25, 0.3) is 0 Å². The highest BCUT2D eigenvalue weighted by Gasteiger charge is 2.20. The van der Waals surface area contributed by atoms with Crippen molar-refractivity contribution in [1.29, 1.82) is 0 Å². The third kappa shape index (κ3) is 5.05. The second-order valence-corrected chi connectivity index (χ2v) is 5.53. The Morgan fingerprint density at radius 2 is 2.13 bits per heavy atom. The third-order valence-electron chi connectivity index (χ3n) is 1.77. The minimum Gasteiger partial charge on any atom is -0.326 e. The second kappa shape index (κ2) is 4.86. The molecule has 0 heterocycles. The van der Waals surface area contributed by atoms with E-state index in [2.05, 4.69) is 5.32 Å². The molecule has 0 aliphatic rings. The van der Waals surface area contributed by atoms with Gasteiger partial charge in [-0.2, -0.15) is 0 Å². The van der Waals surface area contributed by atoms with E-state index in [0.717, 1.165) is 11.3 Å².